The number of amides is 1. The van der Waals surface area contributed by atoms with Crippen LogP contribution >= 0.6 is 11.6 Å². The molecule has 3 aromatic rings. The van der Waals surface area contributed by atoms with E-state index < -0.39 is 5.82 Å². The molecule has 39 heavy (non-hydrogen) atoms. The third-order valence-electron chi connectivity index (χ3n) is 7.26. The molecule has 1 aromatic heterocycles. The number of nitrogens with zero attached hydrogens (tertiary/aromatic N) is 4. The molecule has 0 bridgehead atoms. The first-order valence-corrected chi connectivity index (χ1v) is 14.3. The molecule has 0 aliphatic carbocycles. The van der Waals surface area contributed by atoms with Crippen molar-refractivity contribution in [1.29, 1.82) is 0 Å². The molecular formula is C30H39ClFN5O2. The molecule has 4 rings (SSSR count). The number of hydrogen-bond acceptors (Lipinski definition) is 5. The number of anilines is 1. The molecule has 1 aliphatic heterocycles. The third-order valence-corrected chi connectivity index (χ3v) is 7.55. The third kappa shape index (κ3) is 6.61. The van der Waals surface area contributed by atoms with E-state index in [4.69, 9.17) is 16.6 Å². The van der Waals surface area contributed by atoms with Gasteiger partial charge in [0.15, 0.2) is 0 Å². The zero-order chi connectivity index (χ0) is 28.3. The van der Waals surface area contributed by atoms with Gasteiger partial charge in [0.2, 0.25) is 5.91 Å². The molecule has 1 unspecified atom stereocenters. The molecule has 1 N–H and O–H groups in total. The van der Waals surface area contributed by atoms with Gasteiger partial charge in [0.05, 0.1) is 15.9 Å². The van der Waals surface area contributed by atoms with Crippen LogP contribution in [0.25, 0.3) is 22.3 Å². The van der Waals surface area contributed by atoms with Gasteiger partial charge in [-0.15, -0.1) is 0 Å². The maximum atomic E-state index is 13.9. The van der Waals surface area contributed by atoms with Crippen molar-refractivity contribution in [3.05, 3.63) is 57.6 Å². The quantitative estimate of drug-likeness (QED) is 0.399. The first-order valence-electron chi connectivity index (χ1n) is 13.9. The summed E-state index contributed by atoms with van der Waals surface area (Å²) in [7, 11) is 0. The molecule has 1 atom stereocenters. The van der Waals surface area contributed by atoms with Crippen LogP contribution in [-0.4, -0.2) is 58.1 Å². The summed E-state index contributed by atoms with van der Waals surface area (Å²) >= 11 is 6.05. The summed E-state index contributed by atoms with van der Waals surface area (Å²) < 4.78 is 15.3. The number of nitrogens with one attached hydrogen (secondary N) is 1. The highest BCUT2D eigenvalue weighted by Crippen LogP contribution is 2.28. The Kier molecular flexibility index (Phi) is 9.28. The molecular weight excluding hydrogens is 517 g/mol. The van der Waals surface area contributed by atoms with E-state index in [2.05, 4.69) is 35.9 Å². The minimum absolute atomic E-state index is 0.0754. The van der Waals surface area contributed by atoms with E-state index in [1.54, 1.807) is 0 Å². The predicted molar refractivity (Wildman–Crippen MR) is 157 cm³/mol. The van der Waals surface area contributed by atoms with Gasteiger partial charge in [-0.2, -0.15) is 0 Å². The van der Waals surface area contributed by atoms with Crippen molar-refractivity contribution >= 4 is 34.1 Å². The predicted octanol–water partition coefficient (Wildman–Crippen LogP) is 5.47. The maximum Gasteiger partial charge on any atom is 0.262 e. The summed E-state index contributed by atoms with van der Waals surface area (Å²) in [5.41, 5.74) is 1.64. The van der Waals surface area contributed by atoms with Crippen LogP contribution in [0.5, 0.6) is 0 Å². The molecule has 210 valence electrons. The normalized spacial score (nSPS) is 16.7. The topological polar surface area (TPSA) is 70.5 Å². The molecule has 1 aliphatic rings. The van der Waals surface area contributed by atoms with Crippen LogP contribution in [0.2, 0.25) is 5.02 Å². The molecule has 0 saturated carbocycles. The second kappa shape index (κ2) is 12.5. The highest BCUT2D eigenvalue weighted by Gasteiger charge is 2.27. The number of halogens is 2. The average Bonchev–Trinajstić information content (AvgIpc) is 3.10. The van der Waals surface area contributed by atoms with Crippen LogP contribution in [0.1, 0.15) is 53.9 Å². The van der Waals surface area contributed by atoms with E-state index in [9.17, 15) is 14.0 Å². The van der Waals surface area contributed by atoms with Gasteiger partial charge < -0.3 is 10.2 Å². The van der Waals surface area contributed by atoms with Crippen molar-refractivity contribution in [2.24, 2.45) is 0 Å². The monoisotopic (exact) mass is 555 g/mol. The SMILES string of the molecule is CCCC1CN(c2ccc3nc(-c4ccc(F)c(Cl)c4)n(CC(=O)NC(C)C)c(=O)c3c2)CCCN1C(C)C. The molecule has 1 fully saturated rings. The van der Waals surface area contributed by atoms with Crippen LogP contribution < -0.4 is 15.8 Å². The van der Waals surface area contributed by atoms with E-state index in [0.717, 1.165) is 44.6 Å². The highest BCUT2D eigenvalue weighted by molar-refractivity contribution is 6.31. The van der Waals surface area contributed by atoms with Gasteiger partial charge in [-0.1, -0.05) is 24.9 Å². The largest absolute Gasteiger partial charge is 0.370 e. The number of benzene rings is 2. The number of fused-ring (bicyclic) bond motifs is 1. The Labute approximate surface area is 235 Å². The van der Waals surface area contributed by atoms with Crippen LogP contribution in [0, 0.1) is 5.82 Å². The molecule has 1 saturated heterocycles. The van der Waals surface area contributed by atoms with Gasteiger partial charge in [0.25, 0.3) is 5.56 Å². The minimum Gasteiger partial charge on any atom is -0.370 e. The number of rotatable bonds is 8. The van der Waals surface area contributed by atoms with Crippen LogP contribution in [0.3, 0.4) is 0 Å². The van der Waals surface area contributed by atoms with Crippen molar-refractivity contribution in [3.8, 4) is 11.4 Å². The second-order valence-corrected chi connectivity index (χ2v) is 11.4. The van der Waals surface area contributed by atoms with Gasteiger partial charge in [0.1, 0.15) is 18.2 Å². The van der Waals surface area contributed by atoms with Crippen LogP contribution in [0.4, 0.5) is 10.1 Å². The molecule has 2 aromatic carbocycles. The lowest BCUT2D eigenvalue weighted by Crippen LogP contribution is -2.44. The van der Waals surface area contributed by atoms with Gasteiger partial charge in [-0.05, 0) is 76.9 Å². The Morgan fingerprint density at radius 1 is 1.15 bits per heavy atom. The molecule has 7 nitrogen and oxygen atoms in total. The summed E-state index contributed by atoms with van der Waals surface area (Å²) in [6.45, 7) is 13.1. The fourth-order valence-electron chi connectivity index (χ4n) is 5.50. The van der Waals surface area contributed by atoms with E-state index in [-0.39, 0.29) is 34.9 Å². The fourth-order valence-corrected chi connectivity index (χ4v) is 5.68. The van der Waals surface area contributed by atoms with E-state index in [1.807, 2.05) is 32.0 Å². The Bertz CT molecular complexity index is 1390. The zero-order valence-corrected chi connectivity index (χ0v) is 24.3. The van der Waals surface area contributed by atoms with Crippen molar-refractivity contribution in [3.63, 3.8) is 0 Å². The van der Waals surface area contributed by atoms with E-state index in [1.165, 1.54) is 22.8 Å². The molecule has 9 heteroatoms. The first kappa shape index (κ1) is 29.0. The summed E-state index contributed by atoms with van der Waals surface area (Å²) in [6.07, 6.45) is 3.27. The Hall–Kier alpha value is -2.97. The molecule has 0 spiro atoms. The summed E-state index contributed by atoms with van der Waals surface area (Å²) in [5.74, 6) is -0.596. The highest BCUT2D eigenvalue weighted by atomic mass is 35.5. The maximum absolute atomic E-state index is 13.9. The molecule has 0 radical (unpaired) electrons. The summed E-state index contributed by atoms with van der Waals surface area (Å²) in [5, 5.41) is 3.21. The Morgan fingerprint density at radius 3 is 2.59 bits per heavy atom. The number of carbonyl (C=O) groups is 1. The second-order valence-electron chi connectivity index (χ2n) is 11.0. The molecule has 1 amide bonds. The number of carbonyl (C=O) groups excluding carboxylic acids is 1. The van der Waals surface area contributed by atoms with Crippen LogP contribution in [-0.2, 0) is 11.3 Å². The fraction of sp³-hybridized carbons (Fsp3) is 0.500. The summed E-state index contributed by atoms with van der Waals surface area (Å²) in [6, 6.07) is 10.8. The van der Waals surface area contributed by atoms with E-state index >= 15 is 0 Å². The Morgan fingerprint density at radius 2 is 1.92 bits per heavy atom. The lowest BCUT2D eigenvalue weighted by Gasteiger charge is -2.35. The van der Waals surface area contributed by atoms with Gasteiger partial charge >= 0.3 is 0 Å². The zero-order valence-electron chi connectivity index (χ0n) is 23.5. The summed E-state index contributed by atoms with van der Waals surface area (Å²) in [4.78, 5) is 36.4. The van der Waals surface area contributed by atoms with Gasteiger partial charge in [-0.25, -0.2) is 9.37 Å². The first-order chi connectivity index (χ1) is 18.6. The Balaban J connectivity index is 1.80. The lowest BCUT2D eigenvalue weighted by atomic mass is 10.1. The standard InChI is InChI=1S/C30H39ClFN5O2/c1-6-8-23-17-35(13-7-14-36(23)20(4)5)22-10-12-27-24(16-22)30(39)37(18-28(38)33-19(2)3)29(34-27)21-9-11-26(32)25(31)15-21/h9-12,15-16,19-20,23H,6-8,13-14,17-18H2,1-5H3,(H,33,38). The van der Waals surface area contributed by atoms with Crippen molar-refractivity contribution in [2.45, 2.75) is 78.6 Å². The van der Waals surface area contributed by atoms with Crippen molar-refractivity contribution < 1.29 is 9.18 Å². The van der Waals surface area contributed by atoms with Gasteiger partial charge in [0, 0.05) is 49.0 Å². The van der Waals surface area contributed by atoms with Crippen molar-refractivity contribution in [1.82, 2.24) is 19.8 Å². The van der Waals surface area contributed by atoms with Crippen molar-refractivity contribution in [2.75, 3.05) is 24.5 Å². The van der Waals surface area contributed by atoms with Gasteiger partial charge in [-0.3, -0.25) is 19.1 Å². The molecule has 2 heterocycles. The average molecular weight is 556 g/mol. The number of hydrogen-bond donors (Lipinski definition) is 1. The minimum atomic E-state index is -0.563. The number of aromatic nitrogens is 2. The lowest BCUT2D eigenvalue weighted by molar-refractivity contribution is -0.122. The van der Waals surface area contributed by atoms with E-state index in [0.29, 0.717) is 28.6 Å². The van der Waals surface area contributed by atoms with Crippen LogP contribution in [0.15, 0.2) is 41.2 Å². The smallest absolute Gasteiger partial charge is 0.262 e.